The third kappa shape index (κ3) is 4.15. The van der Waals surface area contributed by atoms with Crippen molar-refractivity contribution in [1.29, 1.82) is 0 Å². The van der Waals surface area contributed by atoms with Crippen molar-refractivity contribution in [2.24, 2.45) is 0 Å². The summed E-state index contributed by atoms with van der Waals surface area (Å²) in [6, 6.07) is 6.34. The summed E-state index contributed by atoms with van der Waals surface area (Å²) in [6.07, 6.45) is 1.32. The molecule has 2 aromatic heterocycles. The van der Waals surface area contributed by atoms with E-state index in [-0.39, 0.29) is 29.1 Å². The first-order valence-corrected chi connectivity index (χ1v) is 8.35. The molecule has 0 amide bonds. The molecule has 0 saturated heterocycles. The molecule has 0 aliphatic rings. The van der Waals surface area contributed by atoms with Crippen LogP contribution in [-0.2, 0) is 11.3 Å². The van der Waals surface area contributed by atoms with E-state index in [1.54, 1.807) is 12.1 Å². The number of carbonyl (C=O) groups is 1. The van der Waals surface area contributed by atoms with Gasteiger partial charge in [-0.15, -0.1) is 10.2 Å². The summed E-state index contributed by atoms with van der Waals surface area (Å²) >= 11 is 5.69. The van der Waals surface area contributed by atoms with E-state index >= 15 is 0 Å². The molecular formula is C18H16ClN3O6. The molecule has 9 nitrogen and oxygen atoms in total. The van der Waals surface area contributed by atoms with Crippen molar-refractivity contribution in [1.82, 2.24) is 15.2 Å². The van der Waals surface area contributed by atoms with Gasteiger partial charge in [0, 0.05) is 11.8 Å². The number of halogens is 1. The minimum Gasteiger partial charge on any atom is -0.493 e. The van der Waals surface area contributed by atoms with Crippen LogP contribution in [0.5, 0.6) is 17.2 Å². The fraction of sp³-hybridized carbons (Fsp3) is 0.222. The van der Waals surface area contributed by atoms with Crippen molar-refractivity contribution in [3.05, 3.63) is 47.1 Å². The lowest BCUT2D eigenvalue weighted by Gasteiger charge is -2.12. The fourth-order valence-corrected chi connectivity index (χ4v) is 2.45. The Kier molecular flexibility index (Phi) is 5.95. The first kappa shape index (κ1) is 19.4. The normalized spacial score (nSPS) is 10.4. The van der Waals surface area contributed by atoms with E-state index in [0.717, 1.165) is 0 Å². The van der Waals surface area contributed by atoms with Gasteiger partial charge in [-0.05, 0) is 24.3 Å². The third-order valence-corrected chi connectivity index (χ3v) is 3.89. The second-order valence-electron chi connectivity index (χ2n) is 5.36. The van der Waals surface area contributed by atoms with Crippen LogP contribution in [-0.4, -0.2) is 42.5 Å². The van der Waals surface area contributed by atoms with E-state index in [0.29, 0.717) is 22.8 Å². The molecule has 2 heterocycles. The highest BCUT2D eigenvalue weighted by Crippen LogP contribution is 2.40. The molecule has 0 atom stereocenters. The zero-order chi connectivity index (χ0) is 20.1. The molecule has 0 radical (unpaired) electrons. The minimum absolute atomic E-state index is 0.124. The summed E-state index contributed by atoms with van der Waals surface area (Å²) in [6.45, 7) is -0.196. The zero-order valence-electron chi connectivity index (χ0n) is 15.3. The predicted octanol–water partition coefficient (Wildman–Crippen LogP) is 3.17. The highest BCUT2D eigenvalue weighted by atomic mass is 35.5. The van der Waals surface area contributed by atoms with Gasteiger partial charge in [0.15, 0.2) is 18.1 Å². The van der Waals surface area contributed by atoms with E-state index in [1.807, 2.05) is 0 Å². The number of aromatic nitrogens is 3. The van der Waals surface area contributed by atoms with Crippen molar-refractivity contribution in [3.63, 3.8) is 0 Å². The number of esters is 1. The molecule has 0 unspecified atom stereocenters. The Balaban J connectivity index is 1.75. The second kappa shape index (κ2) is 8.57. The van der Waals surface area contributed by atoms with Gasteiger partial charge in [-0.1, -0.05) is 11.6 Å². The lowest BCUT2D eigenvalue weighted by Crippen LogP contribution is -2.05. The number of nitrogens with zero attached hydrogens (tertiary/aromatic N) is 3. The van der Waals surface area contributed by atoms with Crippen LogP contribution in [0.1, 0.15) is 16.2 Å². The molecule has 28 heavy (non-hydrogen) atoms. The summed E-state index contributed by atoms with van der Waals surface area (Å²) in [7, 11) is 4.52. The topological polar surface area (TPSA) is 106 Å². The van der Waals surface area contributed by atoms with Gasteiger partial charge >= 0.3 is 5.97 Å². The number of pyridine rings is 1. The number of methoxy groups -OCH3 is 3. The molecule has 3 rings (SSSR count). The molecular weight excluding hydrogens is 390 g/mol. The van der Waals surface area contributed by atoms with E-state index in [9.17, 15) is 4.79 Å². The van der Waals surface area contributed by atoms with Crippen molar-refractivity contribution >= 4 is 17.6 Å². The number of hydrogen-bond acceptors (Lipinski definition) is 9. The van der Waals surface area contributed by atoms with Gasteiger partial charge in [0.2, 0.25) is 11.6 Å². The van der Waals surface area contributed by atoms with Crippen molar-refractivity contribution in [2.75, 3.05) is 21.3 Å². The molecule has 0 bridgehead atoms. The van der Waals surface area contributed by atoms with Gasteiger partial charge in [0.1, 0.15) is 5.15 Å². The lowest BCUT2D eigenvalue weighted by molar-refractivity contribution is 0.0438. The Morgan fingerprint density at radius 1 is 1.07 bits per heavy atom. The molecule has 3 aromatic rings. The maximum Gasteiger partial charge on any atom is 0.340 e. The van der Waals surface area contributed by atoms with Crippen LogP contribution in [0.3, 0.4) is 0 Å². The number of rotatable bonds is 7. The highest BCUT2D eigenvalue weighted by Gasteiger charge is 2.18. The summed E-state index contributed by atoms with van der Waals surface area (Å²) in [5.74, 6) is 1.07. The fourth-order valence-electron chi connectivity index (χ4n) is 2.34. The van der Waals surface area contributed by atoms with E-state index in [4.69, 9.17) is 35.0 Å². The Hall–Kier alpha value is -3.33. The van der Waals surface area contributed by atoms with E-state index in [1.165, 1.54) is 39.7 Å². The molecule has 0 N–H and O–H groups in total. The second-order valence-corrected chi connectivity index (χ2v) is 5.75. The molecule has 1 aromatic carbocycles. The Morgan fingerprint density at radius 3 is 2.36 bits per heavy atom. The minimum atomic E-state index is -0.586. The smallest absolute Gasteiger partial charge is 0.340 e. The lowest BCUT2D eigenvalue weighted by atomic mass is 10.2. The van der Waals surface area contributed by atoms with Crippen molar-refractivity contribution in [3.8, 4) is 28.7 Å². The molecule has 0 spiro atoms. The molecule has 0 aliphatic carbocycles. The zero-order valence-corrected chi connectivity index (χ0v) is 16.0. The average molecular weight is 406 g/mol. The first-order chi connectivity index (χ1) is 13.5. The van der Waals surface area contributed by atoms with Crippen LogP contribution in [0.15, 0.2) is 34.9 Å². The Bertz CT molecular complexity index is 949. The molecule has 0 aliphatic heterocycles. The summed E-state index contributed by atoms with van der Waals surface area (Å²) < 4.78 is 26.6. The van der Waals surface area contributed by atoms with Gasteiger partial charge in [-0.2, -0.15) is 0 Å². The van der Waals surface area contributed by atoms with Gasteiger partial charge in [-0.25, -0.2) is 9.78 Å². The molecule has 146 valence electrons. The standard InChI is InChI=1S/C18H16ClN3O6/c1-24-12-6-11(7-13(25-2)16(12)26-3)17-22-21-15(28-17)9-27-18(23)10-4-5-14(19)20-8-10/h4-8H,9H2,1-3H3. The average Bonchev–Trinajstić information content (AvgIpc) is 3.20. The van der Waals surface area contributed by atoms with Crippen molar-refractivity contribution < 1.29 is 28.2 Å². The molecule has 0 saturated carbocycles. The maximum atomic E-state index is 12.0. The van der Waals surface area contributed by atoms with Crippen LogP contribution in [0.4, 0.5) is 0 Å². The summed E-state index contributed by atoms with van der Waals surface area (Å²) in [5.41, 5.74) is 0.815. The Labute approximate surface area is 165 Å². The van der Waals surface area contributed by atoms with Crippen molar-refractivity contribution in [2.45, 2.75) is 6.61 Å². The largest absolute Gasteiger partial charge is 0.493 e. The van der Waals surface area contributed by atoms with Gasteiger partial charge < -0.3 is 23.4 Å². The van der Waals surface area contributed by atoms with Crippen LogP contribution in [0.2, 0.25) is 5.15 Å². The van der Waals surface area contributed by atoms with Gasteiger partial charge in [0.25, 0.3) is 5.89 Å². The Morgan fingerprint density at radius 2 is 1.79 bits per heavy atom. The van der Waals surface area contributed by atoms with E-state index < -0.39 is 5.97 Å². The number of ether oxygens (including phenoxy) is 4. The SMILES string of the molecule is COc1cc(-c2nnc(COC(=O)c3ccc(Cl)nc3)o2)cc(OC)c1OC. The third-order valence-electron chi connectivity index (χ3n) is 3.67. The first-order valence-electron chi connectivity index (χ1n) is 7.97. The van der Waals surface area contributed by atoms with Crippen LogP contribution < -0.4 is 14.2 Å². The van der Waals surface area contributed by atoms with E-state index in [2.05, 4.69) is 15.2 Å². The van der Waals surface area contributed by atoms with Gasteiger partial charge in [0.05, 0.1) is 26.9 Å². The number of hydrogen-bond donors (Lipinski definition) is 0. The highest BCUT2D eigenvalue weighted by molar-refractivity contribution is 6.29. The number of benzene rings is 1. The molecule has 0 fully saturated rings. The monoisotopic (exact) mass is 405 g/mol. The maximum absolute atomic E-state index is 12.0. The molecule has 10 heteroatoms. The van der Waals surface area contributed by atoms with Crippen LogP contribution >= 0.6 is 11.6 Å². The number of carbonyl (C=O) groups excluding carboxylic acids is 1. The quantitative estimate of drug-likeness (QED) is 0.432. The van der Waals surface area contributed by atoms with Gasteiger partial charge in [-0.3, -0.25) is 0 Å². The van der Waals surface area contributed by atoms with Crippen LogP contribution in [0, 0.1) is 0 Å². The summed E-state index contributed by atoms with van der Waals surface area (Å²) in [4.78, 5) is 15.8. The predicted molar refractivity (Wildman–Crippen MR) is 97.8 cm³/mol. The summed E-state index contributed by atoms with van der Waals surface area (Å²) in [5, 5.41) is 8.13. The van der Waals surface area contributed by atoms with Crippen LogP contribution in [0.25, 0.3) is 11.5 Å².